The quantitative estimate of drug-likeness (QED) is 0.739. The average Bonchev–Trinajstić information content (AvgIpc) is 3.18. The van der Waals surface area contributed by atoms with Gasteiger partial charge in [0.25, 0.3) is 11.8 Å². The molecule has 1 fully saturated rings. The Bertz CT molecular complexity index is 1140. The number of anilines is 1. The molecule has 2 aliphatic rings. The van der Waals surface area contributed by atoms with Gasteiger partial charge in [0.2, 0.25) is 0 Å². The summed E-state index contributed by atoms with van der Waals surface area (Å²) in [6, 6.07) is 8.22. The highest BCUT2D eigenvalue weighted by Crippen LogP contribution is 2.30. The van der Waals surface area contributed by atoms with Gasteiger partial charge in [-0.2, -0.15) is 15.4 Å². The molecule has 2 atom stereocenters. The summed E-state index contributed by atoms with van der Waals surface area (Å²) >= 11 is 0. The minimum atomic E-state index is -0.771. The van der Waals surface area contributed by atoms with Crippen molar-refractivity contribution >= 4 is 23.8 Å². The Morgan fingerprint density at radius 2 is 2.03 bits per heavy atom. The van der Waals surface area contributed by atoms with Gasteiger partial charge in [0.1, 0.15) is 17.8 Å². The number of carbonyl (C=O) groups excluding carboxylic acids is 2. The number of pyridine rings is 1. The highest BCUT2D eigenvalue weighted by molar-refractivity contribution is 6.12. The summed E-state index contributed by atoms with van der Waals surface area (Å²) in [5.74, 6) is -1.60. The predicted molar refractivity (Wildman–Crippen MR) is 117 cm³/mol. The van der Waals surface area contributed by atoms with Crippen LogP contribution in [0.1, 0.15) is 39.9 Å². The van der Waals surface area contributed by atoms with Crippen molar-refractivity contribution in [1.29, 1.82) is 5.26 Å². The predicted octanol–water partition coefficient (Wildman–Crippen LogP) is 2.29. The molecule has 3 heterocycles. The molecule has 2 unspecified atom stereocenters. The van der Waals surface area contributed by atoms with Crippen LogP contribution in [0.4, 0.5) is 10.2 Å². The number of aromatic nitrogens is 1. The first-order valence-electron chi connectivity index (χ1n) is 10.3. The number of halogens is 1. The van der Waals surface area contributed by atoms with Crippen molar-refractivity contribution in [2.45, 2.75) is 25.8 Å². The molecule has 0 radical (unpaired) electrons. The molecule has 1 aromatic heterocycles. The van der Waals surface area contributed by atoms with Crippen molar-refractivity contribution in [3.05, 3.63) is 58.5 Å². The molecule has 0 N–H and O–H groups in total. The Balaban J connectivity index is 1.50. The second kappa shape index (κ2) is 8.48. The van der Waals surface area contributed by atoms with E-state index in [4.69, 9.17) is 5.26 Å². The van der Waals surface area contributed by atoms with E-state index in [1.807, 2.05) is 7.05 Å². The Hall–Kier alpha value is -3.64. The lowest BCUT2D eigenvalue weighted by atomic mass is 9.93. The van der Waals surface area contributed by atoms with Gasteiger partial charge >= 0.3 is 0 Å². The molecule has 0 spiro atoms. The molecule has 2 aliphatic heterocycles. The van der Waals surface area contributed by atoms with Crippen LogP contribution in [0, 0.1) is 24.1 Å². The van der Waals surface area contributed by atoms with E-state index >= 15 is 0 Å². The van der Waals surface area contributed by atoms with Crippen LogP contribution in [-0.4, -0.2) is 65.5 Å². The van der Waals surface area contributed by atoms with E-state index in [0.29, 0.717) is 24.2 Å². The molecular weight excluding hydrogens is 411 g/mol. The number of hydrogen-bond donors (Lipinski definition) is 0. The van der Waals surface area contributed by atoms with Crippen LogP contribution in [0.5, 0.6) is 0 Å². The van der Waals surface area contributed by atoms with Gasteiger partial charge in [0.05, 0.1) is 11.1 Å². The Morgan fingerprint density at radius 1 is 1.25 bits per heavy atom. The van der Waals surface area contributed by atoms with Crippen LogP contribution in [0.25, 0.3) is 0 Å². The van der Waals surface area contributed by atoms with Crippen LogP contribution in [-0.2, 0) is 4.79 Å². The minimum Gasteiger partial charge on any atom is -0.336 e. The van der Waals surface area contributed by atoms with Gasteiger partial charge in [-0.15, -0.1) is 0 Å². The summed E-state index contributed by atoms with van der Waals surface area (Å²) < 4.78 is 14.3. The number of nitrogens with zero attached hydrogens (tertiary/aromatic N) is 6. The summed E-state index contributed by atoms with van der Waals surface area (Å²) in [6.45, 7) is 5.72. The fraction of sp³-hybridized carbons (Fsp3) is 0.348. The lowest BCUT2D eigenvalue weighted by Crippen LogP contribution is -2.52. The zero-order chi connectivity index (χ0) is 23.0. The summed E-state index contributed by atoms with van der Waals surface area (Å²) in [7, 11) is 2.04. The van der Waals surface area contributed by atoms with Gasteiger partial charge in [0.15, 0.2) is 5.82 Å². The van der Waals surface area contributed by atoms with Crippen molar-refractivity contribution in [1.82, 2.24) is 14.8 Å². The molecule has 1 aromatic carbocycles. The zero-order valence-corrected chi connectivity index (χ0v) is 18.1. The number of hydrogen-bond acceptors (Lipinski definition) is 6. The molecule has 32 heavy (non-hydrogen) atoms. The Labute approximate surface area is 185 Å². The molecule has 2 amide bonds. The van der Waals surface area contributed by atoms with E-state index in [2.05, 4.69) is 21.9 Å². The number of benzene rings is 1. The molecule has 2 aromatic rings. The maximum atomic E-state index is 14.3. The number of likely N-dealkylation sites (N-methyl/N-ethyl adjacent to an activating group) is 1. The second-order valence-electron chi connectivity index (χ2n) is 8.13. The highest BCUT2D eigenvalue weighted by atomic mass is 19.1. The number of rotatable bonds is 3. The monoisotopic (exact) mass is 434 g/mol. The molecular formula is C23H23FN6O2. The van der Waals surface area contributed by atoms with Crippen LogP contribution >= 0.6 is 0 Å². The number of nitriles is 1. The lowest BCUT2D eigenvalue weighted by molar-refractivity contribution is -0.118. The molecule has 164 valence electrons. The fourth-order valence-corrected chi connectivity index (χ4v) is 3.95. The van der Waals surface area contributed by atoms with Crippen LogP contribution in [0.3, 0.4) is 0 Å². The first-order valence-corrected chi connectivity index (χ1v) is 10.3. The van der Waals surface area contributed by atoms with Crippen molar-refractivity contribution in [2.24, 2.45) is 5.10 Å². The van der Waals surface area contributed by atoms with E-state index in [0.717, 1.165) is 11.6 Å². The average molecular weight is 434 g/mol. The number of hydrazone groups is 1. The molecule has 0 bridgehead atoms. The summed E-state index contributed by atoms with van der Waals surface area (Å²) in [5, 5.41) is 14.3. The summed E-state index contributed by atoms with van der Waals surface area (Å²) in [4.78, 5) is 34.0. The topological polar surface area (TPSA) is 92.9 Å². The Kier molecular flexibility index (Phi) is 5.72. The van der Waals surface area contributed by atoms with Crippen LogP contribution in [0.15, 0.2) is 35.6 Å². The van der Waals surface area contributed by atoms with Crippen molar-refractivity contribution in [3.63, 3.8) is 0 Å². The van der Waals surface area contributed by atoms with Gasteiger partial charge in [0, 0.05) is 38.1 Å². The molecule has 0 saturated carbocycles. The third kappa shape index (κ3) is 3.74. The third-order valence-electron chi connectivity index (χ3n) is 6.15. The number of piperazine rings is 1. The summed E-state index contributed by atoms with van der Waals surface area (Å²) in [6.07, 6.45) is 2.88. The second-order valence-corrected chi connectivity index (χ2v) is 8.13. The van der Waals surface area contributed by atoms with Crippen LogP contribution < -0.4 is 5.01 Å². The maximum absolute atomic E-state index is 14.3. The van der Waals surface area contributed by atoms with Gasteiger partial charge in [-0.3, -0.25) is 9.59 Å². The first-order chi connectivity index (χ1) is 15.3. The molecule has 4 rings (SSSR count). The van der Waals surface area contributed by atoms with E-state index in [1.165, 1.54) is 25.4 Å². The van der Waals surface area contributed by atoms with Gasteiger partial charge in [-0.1, -0.05) is 6.07 Å². The van der Waals surface area contributed by atoms with Gasteiger partial charge < -0.3 is 9.80 Å². The maximum Gasteiger partial charge on any atom is 0.261 e. The molecule has 0 aliphatic carbocycles. The minimum absolute atomic E-state index is 0.0674. The zero-order valence-electron chi connectivity index (χ0n) is 18.1. The first kappa shape index (κ1) is 21.6. The van der Waals surface area contributed by atoms with E-state index in [9.17, 15) is 14.0 Å². The van der Waals surface area contributed by atoms with E-state index < -0.39 is 11.7 Å². The largest absolute Gasteiger partial charge is 0.336 e. The standard InChI is InChI=1S/C23H23FN6O2/c1-14-13-29(9-8-28(14)3)22(31)17-5-7-20(26-11-17)30-23(32)19(12-27-30)18-6-4-16(10-25)21(24)15(18)2/h4-7,11-12,14,19H,8-9,13H2,1-3H3. The van der Waals surface area contributed by atoms with Crippen molar-refractivity contribution in [2.75, 3.05) is 31.7 Å². The normalized spacial score (nSPS) is 21.2. The molecule has 8 nitrogen and oxygen atoms in total. The Morgan fingerprint density at radius 3 is 2.69 bits per heavy atom. The van der Waals surface area contributed by atoms with E-state index in [-0.39, 0.29) is 34.8 Å². The number of amides is 2. The fourth-order valence-electron chi connectivity index (χ4n) is 3.95. The third-order valence-corrected chi connectivity index (χ3v) is 6.15. The SMILES string of the molecule is Cc1c(C2C=NN(c3ccc(C(=O)N4CCN(C)C(C)C4)cn3)C2=O)ccc(C#N)c1F. The lowest BCUT2D eigenvalue weighted by Gasteiger charge is -2.37. The van der Waals surface area contributed by atoms with Crippen molar-refractivity contribution < 1.29 is 14.0 Å². The molecule has 9 heteroatoms. The van der Waals surface area contributed by atoms with Gasteiger partial charge in [-0.05, 0) is 50.2 Å². The summed E-state index contributed by atoms with van der Waals surface area (Å²) in [5.41, 5.74) is 1.07. The number of carbonyl (C=O) groups is 2. The van der Waals surface area contributed by atoms with Gasteiger partial charge in [-0.25, -0.2) is 9.37 Å². The van der Waals surface area contributed by atoms with E-state index in [1.54, 1.807) is 29.2 Å². The van der Waals surface area contributed by atoms with Crippen molar-refractivity contribution in [3.8, 4) is 6.07 Å². The van der Waals surface area contributed by atoms with Crippen LogP contribution in [0.2, 0.25) is 0 Å². The molecule has 1 saturated heterocycles. The smallest absolute Gasteiger partial charge is 0.261 e. The highest BCUT2D eigenvalue weighted by Gasteiger charge is 2.34.